The number of aryl methyl sites for hydroxylation is 1. The smallest absolute Gasteiger partial charge is 0.271 e. The maximum atomic E-state index is 13.3. The van der Waals surface area contributed by atoms with Gasteiger partial charge in [-0.05, 0) is 37.3 Å². The van der Waals surface area contributed by atoms with Crippen LogP contribution in [0.1, 0.15) is 6.92 Å². The van der Waals surface area contributed by atoms with E-state index in [-0.39, 0.29) is 14.9 Å². The number of hydrogen-bond donors (Lipinski definition) is 1. The molecule has 5 nitrogen and oxygen atoms in total. The predicted molar refractivity (Wildman–Crippen MR) is 93.4 cm³/mol. The molecule has 9 heteroatoms. The Morgan fingerprint density at radius 3 is 2.88 bits per heavy atom. The van der Waals surface area contributed by atoms with Crippen molar-refractivity contribution in [3.8, 4) is 11.3 Å². The van der Waals surface area contributed by atoms with Crippen molar-refractivity contribution < 1.29 is 12.8 Å². The molecular formula is C15H13ClFN3O2S2. The molecule has 0 unspecified atom stereocenters. The summed E-state index contributed by atoms with van der Waals surface area (Å²) in [5.41, 5.74) is 1.59. The standard InChI is InChI=1S/C15H13ClFN3O2S2/c1-2-20-14(5-6-18-20)10-7-15(23-9-10)24(21,22)19-13-8-11(17)3-4-12(13)16/h3-9,19H,2H2,1H3. The van der Waals surface area contributed by atoms with Crippen molar-refractivity contribution >= 4 is 38.6 Å². The quantitative estimate of drug-likeness (QED) is 0.715. The maximum absolute atomic E-state index is 13.3. The van der Waals surface area contributed by atoms with Gasteiger partial charge in [-0.15, -0.1) is 11.3 Å². The molecule has 0 spiro atoms. The number of halogens is 2. The van der Waals surface area contributed by atoms with Crippen molar-refractivity contribution in [2.75, 3.05) is 4.72 Å². The number of sulfonamides is 1. The van der Waals surface area contributed by atoms with Crippen molar-refractivity contribution in [2.45, 2.75) is 17.7 Å². The monoisotopic (exact) mass is 385 g/mol. The summed E-state index contributed by atoms with van der Waals surface area (Å²) < 4.78 is 42.5. The van der Waals surface area contributed by atoms with Crippen LogP contribution in [0.3, 0.4) is 0 Å². The molecule has 126 valence electrons. The normalized spacial score (nSPS) is 11.6. The molecule has 0 aliphatic heterocycles. The molecule has 3 aromatic rings. The summed E-state index contributed by atoms with van der Waals surface area (Å²) in [6.07, 6.45) is 1.66. The van der Waals surface area contributed by atoms with E-state index in [9.17, 15) is 12.8 Å². The average molecular weight is 386 g/mol. The molecule has 0 amide bonds. The third kappa shape index (κ3) is 3.31. The van der Waals surface area contributed by atoms with Crippen molar-refractivity contribution in [1.82, 2.24) is 9.78 Å². The molecule has 1 aromatic carbocycles. The molecule has 0 aliphatic rings. The van der Waals surface area contributed by atoms with Crippen LogP contribution in [0.5, 0.6) is 0 Å². The molecule has 0 radical (unpaired) electrons. The molecule has 24 heavy (non-hydrogen) atoms. The number of thiophene rings is 1. The van der Waals surface area contributed by atoms with Gasteiger partial charge in [0.05, 0.1) is 16.4 Å². The van der Waals surface area contributed by atoms with Gasteiger partial charge in [0.2, 0.25) is 0 Å². The molecule has 2 heterocycles. The fourth-order valence-corrected chi connectivity index (χ4v) is 4.66. The summed E-state index contributed by atoms with van der Waals surface area (Å²) in [6, 6.07) is 6.88. The second-order valence-electron chi connectivity index (χ2n) is 4.92. The Labute approximate surface area is 147 Å². The summed E-state index contributed by atoms with van der Waals surface area (Å²) in [5.74, 6) is -0.573. The summed E-state index contributed by atoms with van der Waals surface area (Å²) in [4.78, 5) is 0. The van der Waals surface area contributed by atoms with Gasteiger partial charge in [0.25, 0.3) is 10.0 Å². The highest BCUT2D eigenvalue weighted by molar-refractivity contribution is 7.94. The fourth-order valence-electron chi connectivity index (χ4n) is 2.19. The van der Waals surface area contributed by atoms with Crippen LogP contribution in [-0.2, 0) is 16.6 Å². The SMILES string of the molecule is CCn1nccc1-c1csc(S(=O)(=O)Nc2cc(F)ccc2Cl)c1. The number of hydrogen-bond acceptors (Lipinski definition) is 4. The third-order valence-electron chi connectivity index (χ3n) is 3.32. The topological polar surface area (TPSA) is 64.0 Å². The van der Waals surface area contributed by atoms with Crippen LogP contribution in [0.4, 0.5) is 10.1 Å². The molecular weight excluding hydrogens is 373 g/mol. The van der Waals surface area contributed by atoms with E-state index in [1.807, 2.05) is 13.0 Å². The van der Waals surface area contributed by atoms with E-state index in [1.165, 1.54) is 6.07 Å². The molecule has 0 bridgehead atoms. The highest BCUT2D eigenvalue weighted by atomic mass is 35.5. The first kappa shape index (κ1) is 16.9. The van der Waals surface area contributed by atoms with E-state index in [0.717, 1.165) is 34.7 Å². The Hall–Kier alpha value is -1.90. The van der Waals surface area contributed by atoms with Crippen molar-refractivity contribution in [1.29, 1.82) is 0 Å². The molecule has 2 aromatic heterocycles. The first-order chi connectivity index (χ1) is 11.4. The Bertz CT molecular complexity index is 982. The minimum Gasteiger partial charge on any atom is -0.277 e. The second kappa shape index (κ2) is 6.54. The fraction of sp³-hybridized carbons (Fsp3) is 0.133. The molecule has 3 rings (SSSR count). The summed E-state index contributed by atoms with van der Waals surface area (Å²) in [5, 5.41) is 6.04. The van der Waals surface area contributed by atoms with Crippen LogP contribution in [0.2, 0.25) is 5.02 Å². The van der Waals surface area contributed by atoms with Crippen LogP contribution in [0, 0.1) is 5.82 Å². The van der Waals surface area contributed by atoms with Crippen LogP contribution in [0.15, 0.2) is 46.1 Å². The molecule has 0 saturated heterocycles. The Morgan fingerprint density at radius 1 is 1.33 bits per heavy atom. The van der Waals surface area contributed by atoms with Crippen LogP contribution in [-0.4, -0.2) is 18.2 Å². The molecule has 0 saturated carbocycles. The van der Waals surface area contributed by atoms with Crippen LogP contribution in [0.25, 0.3) is 11.3 Å². The van der Waals surface area contributed by atoms with Gasteiger partial charge in [-0.1, -0.05) is 11.6 Å². The number of nitrogens with one attached hydrogen (secondary N) is 1. The zero-order chi connectivity index (χ0) is 17.3. The highest BCUT2D eigenvalue weighted by Crippen LogP contribution is 2.31. The first-order valence-corrected chi connectivity index (χ1v) is 9.73. The molecule has 1 N–H and O–H groups in total. The van der Waals surface area contributed by atoms with E-state index in [2.05, 4.69) is 9.82 Å². The van der Waals surface area contributed by atoms with Gasteiger partial charge in [0.15, 0.2) is 0 Å². The van der Waals surface area contributed by atoms with Crippen LogP contribution < -0.4 is 4.72 Å². The van der Waals surface area contributed by atoms with Gasteiger partial charge in [-0.3, -0.25) is 9.40 Å². The second-order valence-corrected chi connectivity index (χ2v) is 8.14. The lowest BCUT2D eigenvalue weighted by molar-refractivity contribution is 0.603. The predicted octanol–water partition coefficient (Wildman–Crippen LogP) is 4.22. The lowest BCUT2D eigenvalue weighted by Gasteiger charge is -2.08. The van der Waals surface area contributed by atoms with Gasteiger partial charge < -0.3 is 0 Å². The van der Waals surface area contributed by atoms with E-state index < -0.39 is 15.8 Å². The number of anilines is 1. The van der Waals surface area contributed by atoms with Gasteiger partial charge in [0, 0.05) is 23.7 Å². The lowest BCUT2D eigenvalue weighted by atomic mass is 10.2. The van der Waals surface area contributed by atoms with Gasteiger partial charge in [-0.25, -0.2) is 12.8 Å². The van der Waals surface area contributed by atoms with Gasteiger partial charge >= 0.3 is 0 Å². The van der Waals surface area contributed by atoms with Crippen molar-refractivity contribution in [3.63, 3.8) is 0 Å². The Kier molecular flexibility index (Phi) is 4.62. The third-order valence-corrected chi connectivity index (χ3v) is 6.46. The van der Waals surface area contributed by atoms with Crippen molar-refractivity contribution in [3.05, 3.63) is 52.7 Å². The lowest BCUT2D eigenvalue weighted by Crippen LogP contribution is -2.12. The van der Waals surface area contributed by atoms with Crippen molar-refractivity contribution in [2.24, 2.45) is 0 Å². The van der Waals surface area contributed by atoms with E-state index in [4.69, 9.17) is 11.6 Å². The summed E-state index contributed by atoms with van der Waals surface area (Å²) >= 11 is 6.99. The number of benzene rings is 1. The number of nitrogens with zero attached hydrogens (tertiary/aromatic N) is 2. The maximum Gasteiger partial charge on any atom is 0.271 e. The van der Waals surface area contributed by atoms with Crippen LogP contribution >= 0.6 is 22.9 Å². The minimum atomic E-state index is -3.85. The number of aromatic nitrogens is 2. The van der Waals surface area contributed by atoms with Gasteiger partial charge in [-0.2, -0.15) is 5.10 Å². The van der Waals surface area contributed by atoms with Gasteiger partial charge in [0.1, 0.15) is 10.0 Å². The Balaban J connectivity index is 1.92. The first-order valence-electron chi connectivity index (χ1n) is 6.99. The summed E-state index contributed by atoms with van der Waals surface area (Å²) in [6.45, 7) is 2.63. The highest BCUT2D eigenvalue weighted by Gasteiger charge is 2.20. The minimum absolute atomic E-state index is 0.00483. The largest absolute Gasteiger partial charge is 0.277 e. The molecule has 0 fully saturated rings. The number of rotatable bonds is 5. The average Bonchev–Trinajstić information content (AvgIpc) is 3.18. The Morgan fingerprint density at radius 2 is 2.12 bits per heavy atom. The summed E-state index contributed by atoms with van der Waals surface area (Å²) in [7, 11) is -3.85. The molecule has 0 atom stereocenters. The zero-order valence-corrected chi connectivity index (χ0v) is 14.9. The van der Waals surface area contributed by atoms with E-state index in [1.54, 1.807) is 22.3 Å². The molecule has 0 aliphatic carbocycles. The van der Waals surface area contributed by atoms with E-state index >= 15 is 0 Å². The zero-order valence-electron chi connectivity index (χ0n) is 12.5. The van der Waals surface area contributed by atoms with E-state index in [0.29, 0.717) is 6.54 Å².